The summed E-state index contributed by atoms with van der Waals surface area (Å²) in [7, 11) is 1.58. The van der Waals surface area contributed by atoms with Crippen molar-refractivity contribution in [2.24, 2.45) is 0 Å². The minimum Gasteiger partial charge on any atom is -0.497 e. The zero-order chi connectivity index (χ0) is 21.9. The first kappa shape index (κ1) is 22.8. The molecular formula is C23H26N2O5. The first-order valence-corrected chi connectivity index (χ1v) is 9.61. The molecule has 1 amide bonds. The maximum Gasteiger partial charge on any atom is 0.309 e. The SMILES string of the molecule is COc1ccc(OCCC(=O)OCC(=O)N(CCC#N)c2cc(C)cc(C)c2)cc1. The van der Waals surface area contributed by atoms with Crippen molar-refractivity contribution in [1.29, 1.82) is 5.26 Å². The van der Waals surface area contributed by atoms with E-state index in [1.165, 1.54) is 4.90 Å². The van der Waals surface area contributed by atoms with Crippen molar-refractivity contribution in [3.63, 3.8) is 0 Å². The first-order chi connectivity index (χ1) is 14.4. The van der Waals surface area contributed by atoms with Gasteiger partial charge in [-0.3, -0.25) is 9.59 Å². The van der Waals surface area contributed by atoms with Crippen LogP contribution in [0.15, 0.2) is 42.5 Å². The zero-order valence-corrected chi connectivity index (χ0v) is 17.5. The van der Waals surface area contributed by atoms with Gasteiger partial charge in [0.2, 0.25) is 0 Å². The topological polar surface area (TPSA) is 88.9 Å². The number of aryl methyl sites for hydroxylation is 2. The van der Waals surface area contributed by atoms with Crippen LogP contribution in [0.3, 0.4) is 0 Å². The Balaban J connectivity index is 1.85. The fraction of sp³-hybridized carbons (Fsp3) is 0.348. The van der Waals surface area contributed by atoms with Crippen LogP contribution in [0.1, 0.15) is 24.0 Å². The Hall–Kier alpha value is -3.53. The molecule has 0 fully saturated rings. The number of nitrogens with zero attached hydrogens (tertiary/aromatic N) is 2. The quantitative estimate of drug-likeness (QED) is 0.557. The van der Waals surface area contributed by atoms with Crippen LogP contribution in [-0.2, 0) is 14.3 Å². The van der Waals surface area contributed by atoms with Crippen molar-refractivity contribution >= 4 is 17.6 Å². The molecule has 0 bridgehead atoms. The van der Waals surface area contributed by atoms with E-state index in [0.29, 0.717) is 17.2 Å². The number of ether oxygens (including phenoxy) is 3. The summed E-state index contributed by atoms with van der Waals surface area (Å²) in [6.07, 6.45) is 0.198. The van der Waals surface area contributed by atoms with E-state index in [9.17, 15) is 9.59 Å². The maximum atomic E-state index is 12.6. The van der Waals surface area contributed by atoms with Gasteiger partial charge in [-0.05, 0) is 61.4 Å². The highest BCUT2D eigenvalue weighted by molar-refractivity contribution is 5.95. The smallest absolute Gasteiger partial charge is 0.309 e. The van der Waals surface area contributed by atoms with Crippen molar-refractivity contribution in [2.45, 2.75) is 26.7 Å². The second kappa shape index (κ2) is 11.5. The van der Waals surface area contributed by atoms with Gasteiger partial charge in [0, 0.05) is 12.2 Å². The Labute approximate surface area is 176 Å². The fourth-order valence-corrected chi connectivity index (χ4v) is 2.88. The number of carbonyl (C=O) groups excluding carboxylic acids is 2. The summed E-state index contributed by atoms with van der Waals surface area (Å²) in [5.74, 6) is 0.416. The van der Waals surface area contributed by atoms with Crippen LogP contribution in [0.4, 0.5) is 5.69 Å². The van der Waals surface area contributed by atoms with E-state index in [-0.39, 0.29) is 38.5 Å². The molecule has 0 aliphatic rings. The Kier molecular flexibility index (Phi) is 8.70. The molecule has 0 spiro atoms. The van der Waals surface area contributed by atoms with Gasteiger partial charge in [-0.15, -0.1) is 0 Å². The van der Waals surface area contributed by atoms with E-state index >= 15 is 0 Å². The van der Waals surface area contributed by atoms with Gasteiger partial charge < -0.3 is 19.1 Å². The molecule has 0 aliphatic heterocycles. The zero-order valence-electron chi connectivity index (χ0n) is 17.5. The van der Waals surface area contributed by atoms with Gasteiger partial charge in [-0.2, -0.15) is 5.26 Å². The van der Waals surface area contributed by atoms with E-state index in [4.69, 9.17) is 19.5 Å². The Morgan fingerprint density at radius 2 is 1.67 bits per heavy atom. The first-order valence-electron chi connectivity index (χ1n) is 9.61. The van der Waals surface area contributed by atoms with Crippen LogP contribution in [0, 0.1) is 25.2 Å². The number of methoxy groups -OCH3 is 1. The van der Waals surface area contributed by atoms with Crippen LogP contribution in [0.5, 0.6) is 11.5 Å². The lowest BCUT2D eigenvalue weighted by atomic mass is 10.1. The van der Waals surface area contributed by atoms with Gasteiger partial charge >= 0.3 is 5.97 Å². The van der Waals surface area contributed by atoms with Crippen LogP contribution in [0.25, 0.3) is 0 Å². The van der Waals surface area contributed by atoms with Crippen LogP contribution in [0.2, 0.25) is 0 Å². The molecule has 0 saturated carbocycles. The average Bonchev–Trinajstić information content (AvgIpc) is 2.72. The van der Waals surface area contributed by atoms with E-state index in [0.717, 1.165) is 11.1 Å². The summed E-state index contributed by atoms with van der Waals surface area (Å²) in [6.45, 7) is 3.85. The summed E-state index contributed by atoms with van der Waals surface area (Å²) in [5.41, 5.74) is 2.70. The highest BCUT2D eigenvalue weighted by atomic mass is 16.5. The van der Waals surface area contributed by atoms with Crippen molar-refractivity contribution in [2.75, 3.05) is 31.8 Å². The molecule has 0 radical (unpaired) electrons. The summed E-state index contributed by atoms with van der Waals surface area (Å²) in [4.78, 5) is 26.1. The Morgan fingerprint density at radius 3 is 2.27 bits per heavy atom. The van der Waals surface area contributed by atoms with Crippen LogP contribution >= 0.6 is 0 Å². The highest BCUT2D eigenvalue weighted by Crippen LogP contribution is 2.20. The van der Waals surface area contributed by atoms with Crippen LogP contribution in [-0.4, -0.2) is 38.7 Å². The number of benzene rings is 2. The number of esters is 1. The molecule has 0 N–H and O–H groups in total. The predicted molar refractivity (Wildman–Crippen MR) is 113 cm³/mol. The monoisotopic (exact) mass is 410 g/mol. The maximum absolute atomic E-state index is 12.6. The number of rotatable bonds is 10. The predicted octanol–water partition coefficient (Wildman–Crippen LogP) is 3.57. The number of amides is 1. The van der Waals surface area contributed by atoms with E-state index in [1.54, 1.807) is 31.4 Å². The molecule has 0 aromatic heterocycles. The molecule has 7 heteroatoms. The lowest BCUT2D eigenvalue weighted by molar-refractivity contribution is -0.148. The number of carbonyl (C=O) groups is 2. The second-order valence-corrected chi connectivity index (χ2v) is 6.73. The summed E-state index contributed by atoms with van der Waals surface area (Å²) in [5, 5.41) is 8.90. The lowest BCUT2D eigenvalue weighted by Gasteiger charge is -2.22. The summed E-state index contributed by atoms with van der Waals surface area (Å²) in [6, 6.07) is 14.8. The standard InChI is InChI=1S/C23H26N2O5/c1-17-13-18(2)15-19(14-17)25(11-4-10-24)22(26)16-30-23(27)9-12-29-21-7-5-20(28-3)6-8-21/h5-8,13-15H,4,9,11-12,16H2,1-3H3. The average molecular weight is 410 g/mol. The fourth-order valence-electron chi connectivity index (χ4n) is 2.88. The highest BCUT2D eigenvalue weighted by Gasteiger charge is 2.18. The molecule has 30 heavy (non-hydrogen) atoms. The van der Waals surface area contributed by atoms with Crippen molar-refractivity contribution in [3.8, 4) is 17.6 Å². The van der Waals surface area contributed by atoms with Crippen LogP contribution < -0.4 is 14.4 Å². The number of hydrogen-bond acceptors (Lipinski definition) is 6. The molecule has 2 rings (SSSR count). The molecule has 0 unspecified atom stereocenters. The summed E-state index contributed by atoms with van der Waals surface area (Å²) < 4.78 is 15.7. The molecule has 0 aliphatic carbocycles. The third-order valence-electron chi connectivity index (χ3n) is 4.26. The van der Waals surface area contributed by atoms with E-state index < -0.39 is 5.97 Å². The number of anilines is 1. The summed E-state index contributed by atoms with van der Waals surface area (Å²) >= 11 is 0. The number of nitriles is 1. The minimum atomic E-state index is -0.530. The van der Waals surface area contributed by atoms with E-state index in [1.807, 2.05) is 38.1 Å². The molecular weight excluding hydrogens is 384 g/mol. The van der Waals surface area contributed by atoms with Gasteiger partial charge in [0.15, 0.2) is 6.61 Å². The van der Waals surface area contributed by atoms with E-state index in [2.05, 4.69) is 0 Å². The van der Waals surface area contributed by atoms with Gasteiger partial charge in [-0.25, -0.2) is 0 Å². The van der Waals surface area contributed by atoms with Gasteiger partial charge in [0.25, 0.3) is 5.91 Å². The Morgan fingerprint density at radius 1 is 1.03 bits per heavy atom. The molecule has 7 nitrogen and oxygen atoms in total. The molecule has 0 saturated heterocycles. The third-order valence-corrected chi connectivity index (χ3v) is 4.26. The van der Waals surface area contributed by atoms with Crippen molar-refractivity contribution < 1.29 is 23.8 Å². The second-order valence-electron chi connectivity index (χ2n) is 6.73. The molecule has 2 aromatic rings. The van der Waals surface area contributed by atoms with Gasteiger partial charge in [0.05, 0.1) is 32.6 Å². The van der Waals surface area contributed by atoms with Crippen molar-refractivity contribution in [3.05, 3.63) is 53.6 Å². The third kappa shape index (κ3) is 7.13. The van der Waals surface area contributed by atoms with Gasteiger partial charge in [-0.1, -0.05) is 6.07 Å². The Bertz CT molecular complexity index is 883. The largest absolute Gasteiger partial charge is 0.497 e. The van der Waals surface area contributed by atoms with Crippen molar-refractivity contribution in [1.82, 2.24) is 0 Å². The molecule has 158 valence electrons. The normalized spacial score (nSPS) is 10.1. The molecule has 0 atom stereocenters. The lowest BCUT2D eigenvalue weighted by Crippen LogP contribution is -2.35. The molecule has 0 heterocycles. The minimum absolute atomic E-state index is 0.0149. The molecule has 2 aromatic carbocycles. The number of hydrogen-bond donors (Lipinski definition) is 0. The van der Waals surface area contributed by atoms with Gasteiger partial charge in [0.1, 0.15) is 11.5 Å².